The van der Waals surface area contributed by atoms with Crippen molar-refractivity contribution in [3.05, 3.63) is 46.6 Å². The fourth-order valence-electron chi connectivity index (χ4n) is 4.67. The van der Waals surface area contributed by atoms with Crippen LogP contribution in [0, 0.1) is 5.82 Å². The molecule has 202 valence electrons. The Balaban J connectivity index is 0.00000336. The fourth-order valence-corrected chi connectivity index (χ4v) is 4.67. The molecule has 13 heteroatoms. The molecule has 3 amide bonds. The lowest BCUT2D eigenvalue weighted by molar-refractivity contribution is -0.134. The average molecular weight is 529 g/mol. The standard InChI is InChI=1S/C24H25FN6O6.CH4/c1-14(33)26-11-17-12-29(24(36)37-17)16-2-3-18(20(25)9-16)15-8-19-22(27-10-15)30-6-4-28(21(34)13-32)5-7-31(30)23(19)35;/h2-3,8-10,17,32H,4-7,11-13H2,1H3,(H,26,33);1H4/t17-;/m0./s1. The van der Waals surface area contributed by atoms with Crippen molar-refractivity contribution in [1.82, 2.24) is 24.6 Å². The number of aromatic nitrogens is 3. The first-order valence-corrected chi connectivity index (χ1v) is 11.8. The maximum atomic E-state index is 15.2. The molecule has 2 aromatic heterocycles. The monoisotopic (exact) mass is 528 g/mol. The van der Waals surface area contributed by atoms with Crippen LogP contribution in [0.2, 0.25) is 0 Å². The molecule has 2 aliphatic heterocycles. The number of carbonyl (C=O) groups is 3. The lowest BCUT2D eigenvalue weighted by Crippen LogP contribution is -2.36. The highest BCUT2D eigenvalue weighted by atomic mass is 19.1. The number of fused-ring (bicyclic) bond motifs is 3. The highest BCUT2D eigenvalue weighted by Crippen LogP contribution is 2.30. The van der Waals surface area contributed by atoms with E-state index in [4.69, 9.17) is 9.84 Å². The number of amides is 3. The summed E-state index contributed by atoms with van der Waals surface area (Å²) < 4.78 is 23.6. The van der Waals surface area contributed by atoms with Crippen LogP contribution < -0.4 is 15.8 Å². The molecular formula is C25H29FN6O6. The van der Waals surface area contributed by atoms with E-state index in [1.165, 1.54) is 39.7 Å². The van der Waals surface area contributed by atoms with E-state index in [-0.39, 0.29) is 50.6 Å². The summed E-state index contributed by atoms with van der Waals surface area (Å²) in [6.07, 6.45) is 0.300. The molecule has 0 bridgehead atoms. The van der Waals surface area contributed by atoms with Gasteiger partial charge in [-0.05, 0) is 24.3 Å². The van der Waals surface area contributed by atoms with E-state index in [1.807, 2.05) is 0 Å². The first-order chi connectivity index (χ1) is 17.8. The largest absolute Gasteiger partial charge is 0.442 e. The number of nitrogens with zero attached hydrogens (tertiary/aromatic N) is 5. The fraction of sp³-hybridized carbons (Fsp3) is 0.400. The van der Waals surface area contributed by atoms with Gasteiger partial charge in [0, 0.05) is 37.3 Å². The Kier molecular flexibility index (Phi) is 7.49. The highest BCUT2D eigenvalue weighted by molar-refractivity contribution is 5.90. The number of hydrogen-bond acceptors (Lipinski definition) is 7. The predicted molar refractivity (Wildman–Crippen MR) is 136 cm³/mol. The third-order valence-electron chi connectivity index (χ3n) is 6.55. The van der Waals surface area contributed by atoms with Crippen LogP contribution in [0.4, 0.5) is 14.9 Å². The number of ether oxygens (including phenoxy) is 1. The molecule has 0 radical (unpaired) electrons. The number of benzene rings is 1. The number of pyridine rings is 1. The van der Waals surface area contributed by atoms with Crippen LogP contribution in [0.3, 0.4) is 0 Å². The van der Waals surface area contributed by atoms with Gasteiger partial charge in [0.05, 0.1) is 37.3 Å². The second-order valence-corrected chi connectivity index (χ2v) is 8.90. The molecular weight excluding hydrogens is 499 g/mol. The summed E-state index contributed by atoms with van der Waals surface area (Å²) in [6.45, 7) is 2.28. The van der Waals surface area contributed by atoms with E-state index >= 15 is 4.39 Å². The SMILES string of the molecule is C.CC(=O)NC[C@H]1CN(c2ccc(-c3cnc4c(c3)c(=O)n3n4CCN(C(=O)CO)CC3)c(F)c2)C(=O)O1. The van der Waals surface area contributed by atoms with Gasteiger partial charge in [-0.1, -0.05) is 7.43 Å². The Morgan fingerprint density at radius 1 is 1.16 bits per heavy atom. The Hall–Kier alpha value is -4.26. The van der Waals surface area contributed by atoms with Crippen LogP contribution in [0.25, 0.3) is 22.2 Å². The van der Waals surface area contributed by atoms with Crippen molar-refractivity contribution in [3.8, 4) is 11.1 Å². The van der Waals surface area contributed by atoms with Crippen LogP contribution >= 0.6 is 0 Å². The van der Waals surface area contributed by atoms with E-state index in [0.717, 1.165) is 0 Å². The van der Waals surface area contributed by atoms with Crippen molar-refractivity contribution in [1.29, 1.82) is 0 Å². The van der Waals surface area contributed by atoms with Crippen LogP contribution in [-0.4, -0.2) is 81.2 Å². The third kappa shape index (κ3) is 4.84. The second-order valence-electron chi connectivity index (χ2n) is 8.90. The first-order valence-electron chi connectivity index (χ1n) is 11.8. The summed E-state index contributed by atoms with van der Waals surface area (Å²) in [5.41, 5.74) is 1.05. The molecule has 0 unspecified atom stereocenters. The molecule has 1 atom stereocenters. The predicted octanol–water partition coefficient (Wildman–Crippen LogP) is 0.936. The van der Waals surface area contributed by atoms with Gasteiger partial charge in [0.2, 0.25) is 11.8 Å². The van der Waals surface area contributed by atoms with Crippen molar-refractivity contribution in [2.24, 2.45) is 0 Å². The zero-order valence-electron chi connectivity index (χ0n) is 20.0. The first kappa shape index (κ1) is 26.8. The summed E-state index contributed by atoms with van der Waals surface area (Å²) in [7, 11) is 0. The Morgan fingerprint density at radius 3 is 2.58 bits per heavy atom. The molecule has 0 saturated carbocycles. The molecule has 1 fully saturated rings. The van der Waals surface area contributed by atoms with Gasteiger partial charge in [-0.25, -0.2) is 18.9 Å². The molecule has 4 heterocycles. The van der Waals surface area contributed by atoms with Gasteiger partial charge in [-0.3, -0.25) is 24.0 Å². The van der Waals surface area contributed by atoms with E-state index in [0.29, 0.717) is 35.4 Å². The van der Waals surface area contributed by atoms with Crippen LogP contribution in [0.5, 0.6) is 0 Å². The van der Waals surface area contributed by atoms with Gasteiger partial charge < -0.3 is 20.1 Å². The molecule has 2 N–H and O–H groups in total. The summed E-state index contributed by atoms with van der Waals surface area (Å²) in [5, 5.41) is 12.0. The number of carbonyl (C=O) groups excluding carboxylic acids is 3. The number of anilines is 1. The van der Waals surface area contributed by atoms with Gasteiger partial charge in [0.1, 0.15) is 18.5 Å². The molecule has 38 heavy (non-hydrogen) atoms. The van der Waals surface area contributed by atoms with Crippen molar-refractivity contribution >= 4 is 34.6 Å². The number of hydrogen-bond donors (Lipinski definition) is 2. The summed E-state index contributed by atoms with van der Waals surface area (Å²) in [4.78, 5) is 55.5. The Labute approximate surface area is 217 Å². The summed E-state index contributed by atoms with van der Waals surface area (Å²) in [6, 6.07) is 5.90. The summed E-state index contributed by atoms with van der Waals surface area (Å²) >= 11 is 0. The minimum atomic E-state index is -0.631. The minimum Gasteiger partial charge on any atom is -0.442 e. The Bertz CT molecular complexity index is 1470. The number of rotatable bonds is 5. The van der Waals surface area contributed by atoms with Gasteiger partial charge in [-0.15, -0.1) is 0 Å². The van der Waals surface area contributed by atoms with Crippen LogP contribution in [0.15, 0.2) is 35.3 Å². The maximum absolute atomic E-state index is 15.2. The molecule has 5 rings (SSSR count). The third-order valence-corrected chi connectivity index (χ3v) is 6.55. The number of halogens is 1. The van der Waals surface area contributed by atoms with Gasteiger partial charge in [-0.2, -0.15) is 0 Å². The number of aliphatic hydroxyl groups is 1. The molecule has 0 spiro atoms. The molecule has 3 aromatic rings. The quantitative estimate of drug-likeness (QED) is 0.502. The van der Waals surface area contributed by atoms with E-state index in [2.05, 4.69) is 10.3 Å². The second kappa shape index (κ2) is 10.6. The van der Waals surface area contributed by atoms with Crippen LogP contribution in [-0.2, 0) is 27.4 Å². The normalized spacial score (nSPS) is 17.0. The topological polar surface area (TPSA) is 139 Å². The van der Waals surface area contributed by atoms with E-state index < -0.39 is 30.5 Å². The Morgan fingerprint density at radius 2 is 1.89 bits per heavy atom. The van der Waals surface area contributed by atoms with Gasteiger partial charge in [0.25, 0.3) is 5.56 Å². The van der Waals surface area contributed by atoms with Crippen molar-refractivity contribution in [3.63, 3.8) is 0 Å². The number of aliphatic hydroxyl groups excluding tert-OH is 1. The zero-order chi connectivity index (χ0) is 26.3. The molecule has 2 aliphatic rings. The zero-order valence-corrected chi connectivity index (χ0v) is 20.0. The smallest absolute Gasteiger partial charge is 0.414 e. The van der Waals surface area contributed by atoms with Crippen molar-refractivity contribution < 1.29 is 28.6 Å². The number of cyclic esters (lactones) is 1. The van der Waals surface area contributed by atoms with Gasteiger partial charge in [0.15, 0.2) is 5.65 Å². The molecule has 1 aromatic carbocycles. The maximum Gasteiger partial charge on any atom is 0.414 e. The van der Waals surface area contributed by atoms with E-state index in [9.17, 15) is 19.2 Å². The van der Waals surface area contributed by atoms with E-state index in [1.54, 1.807) is 16.8 Å². The van der Waals surface area contributed by atoms with Crippen molar-refractivity contribution in [2.45, 2.75) is 33.5 Å². The lowest BCUT2D eigenvalue weighted by atomic mass is 10.1. The van der Waals surface area contributed by atoms with Crippen molar-refractivity contribution in [2.75, 3.05) is 37.7 Å². The molecule has 1 saturated heterocycles. The minimum absolute atomic E-state index is 0. The average Bonchev–Trinajstić information content (AvgIpc) is 3.28. The number of nitrogens with one attached hydrogen (secondary N) is 1. The molecule has 12 nitrogen and oxygen atoms in total. The molecule has 0 aliphatic carbocycles. The summed E-state index contributed by atoms with van der Waals surface area (Å²) in [5.74, 6) is -1.24. The lowest BCUT2D eigenvalue weighted by Gasteiger charge is -2.18. The van der Waals surface area contributed by atoms with Crippen LogP contribution in [0.1, 0.15) is 14.4 Å². The highest BCUT2D eigenvalue weighted by Gasteiger charge is 2.33. The van der Waals surface area contributed by atoms with Gasteiger partial charge >= 0.3 is 6.09 Å².